The van der Waals surface area contributed by atoms with Crippen molar-refractivity contribution in [2.24, 2.45) is 0 Å². The molecule has 1 saturated heterocycles. The SMILES string of the molecule is C[C@@H]1CN(c2ccc3c(c2)NC(=O)CO3)[C@H](c2ccccc2F)CO1. The number of benzene rings is 2. The molecule has 2 aromatic rings. The second-order valence-corrected chi connectivity index (χ2v) is 6.35. The van der Waals surface area contributed by atoms with Crippen LogP contribution in [0.3, 0.4) is 0 Å². The fourth-order valence-electron chi connectivity index (χ4n) is 3.34. The highest BCUT2D eigenvalue weighted by Crippen LogP contribution is 2.37. The molecule has 1 fully saturated rings. The van der Waals surface area contributed by atoms with Crippen LogP contribution in [0.25, 0.3) is 0 Å². The topological polar surface area (TPSA) is 50.8 Å². The lowest BCUT2D eigenvalue weighted by Crippen LogP contribution is -2.44. The van der Waals surface area contributed by atoms with Crippen molar-refractivity contribution in [3.63, 3.8) is 0 Å². The van der Waals surface area contributed by atoms with E-state index in [0.29, 0.717) is 30.2 Å². The van der Waals surface area contributed by atoms with E-state index in [0.717, 1.165) is 5.69 Å². The minimum absolute atomic E-state index is 0.0266. The van der Waals surface area contributed by atoms with Gasteiger partial charge in [0.2, 0.25) is 0 Å². The lowest BCUT2D eigenvalue weighted by Gasteiger charge is -2.41. The fraction of sp³-hybridized carbons (Fsp3) is 0.316. The Morgan fingerprint density at radius 3 is 2.92 bits per heavy atom. The van der Waals surface area contributed by atoms with Gasteiger partial charge in [-0.2, -0.15) is 0 Å². The zero-order chi connectivity index (χ0) is 17.4. The van der Waals surface area contributed by atoms with Crippen LogP contribution < -0.4 is 15.0 Å². The van der Waals surface area contributed by atoms with Crippen molar-refractivity contribution in [3.05, 3.63) is 53.8 Å². The van der Waals surface area contributed by atoms with Gasteiger partial charge in [0, 0.05) is 17.8 Å². The summed E-state index contributed by atoms with van der Waals surface area (Å²) < 4.78 is 25.5. The molecular formula is C19H19FN2O3. The first-order valence-electron chi connectivity index (χ1n) is 8.31. The van der Waals surface area contributed by atoms with Crippen molar-refractivity contribution < 1.29 is 18.7 Å². The standard InChI is InChI=1S/C19H19FN2O3/c1-12-9-22(17(10-24-12)14-4-2-3-5-15(14)20)13-6-7-18-16(8-13)21-19(23)11-25-18/h2-8,12,17H,9-11H2,1H3,(H,21,23)/t12-,17+/m1/s1. The number of morpholine rings is 1. The molecule has 4 rings (SSSR count). The predicted molar refractivity (Wildman–Crippen MR) is 92.5 cm³/mol. The molecule has 1 N–H and O–H groups in total. The monoisotopic (exact) mass is 342 g/mol. The van der Waals surface area contributed by atoms with E-state index in [-0.39, 0.29) is 30.5 Å². The summed E-state index contributed by atoms with van der Waals surface area (Å²) in [6.07, 6.45) is 0.0323. The summed E-state index contributed by atoms with van der Waals surface area (Å²) in [5, 5.41) is 2.82. The molecule has 2 aliphatic heterocycles. The zero-order valence-corrected chi connectivity index (χ0v) is 13.9. The number of amides is 1. The van der Waals surface area contributed by atoms with Crippen LogP contribution >= 0.6 is 0 Å². The van der Waals surface area contributed by atoms with E-state index in [9.17, 15) is 9.18 Å². The van der Waals surface area contributed by atoms with E-state index < -0.39 is 0 Å². The third-order valence-corrected chi connectivity index (χ3v) is 4.56. The predicted octanol–water partition coefficient (Wildman–Crippen LogP) is 3.12. The Morgan fingerprint density at radius 2 is 2.08 bits per heavy atom. The van der Waals surface area contributed by atoms with Crippen molar-refractivity contribution in [1.29, 1.82) is 0 Å². The second-order valence-electron chi connectivity index (χ2n) is 6.35. The average molecular weight is 342 g/mol. The maximum Gasteiger partial charge on any atom is 0.262 e. The number of anilines is 2. The summed E-state index contributed by atoms with van der Waals surface area (Å²) >= 11 is 0. The Kier molecular flexibility index (Phi) is 4.05. The Hall–Kier alpha value is -2.60. The van der Waals surface area contributed by atoms with E-state index in [4.69, 9.17) is 9.47 Å². The molecule has 2 aliphatic rings. The highest BCUT2D eigenvalue weighted by molar-refractivity contribution is 5.96. The number of carbonyl (C=O) groups excluding carboxylic acids is 1. The van der Waals surface area contributed by atoms with Gasteiger partial charge in [0.25, 0.3) is 5.91 Å². The molecule has 0 aliphatic carbocycles. The number of hydrogen-bond acceptors (Lipinski definition) is 4. The second kappa shape index (κ2) is 6.37. The molecule has 5 nitrogen and oxygen atoms in total. The van der Waals surface area contributed by atoms with Gasteiger partial charge in [-0.1, -0.05) is 18.2 Å². The van der Waals surface area contributed by atoms with Gasteiger partial charge in [-0.25, -0.2) is 4.39 Å². The van der Waals surface area contributed by atoms with Crippen LogP contribution in [0.2, 0.25) is 0 Å². The van der Waals surface area contributed by atoms with Crippen molar-refractivity contribution >= 4 is 17.3 Å². The van der Waals surface area contributed by atoms with Crippen LogP contribution in [0.4, 0.5) is 15.8 Å². The Balaban J connectivity index is 1.71. The number of halogens is 1. The maximum absolute atomic E-state index is 14.3. The maximum atomic E-state index is 14.3. The number of hydrogen-bond donors (Lipinski definition) is 1. The number of fused-ring (bicyclic) bond motifs is 1. The van der Waals surface area contributed by atoms with Gasteiger partial charge in [0.05, 0.1) is 24.4 Å². The summed E-state index contributed by atoms with van der Waals surface area (Å²) in [5.74, 6) is 0.225. The lowest BCUT2D eigenvalue weighted by molar-refractivity contribution is -0.118. The van der Waals surface area contributed by atoms with Crippen molar-refractivity contribution in [2.45, 2.75) is 19.1 Å². The first-order chi connectivity index (χ1) is 12.1. The molecule has 25 heavy (non-hydrogen) atoms. The minimum atomic E-state index is -0.245. The molecule has 1 amide bonds. The van der Waals surface area contributed by atoms with Gasteiger partial charge in [-0.15, -0.1) is 0 Å². The molecule has 0 unspecified atom stereocenters. The highest BCUT2D eigenvalue weighted by Gasteiger charge is 2.31. The van der Waals surface area contributed by atoms with Crippen LogP contribution in [0.5, 0.6) is 5.75 Å². The van der Waals surface area contributed by atoms with Gasteiger partial charge in [-0.3, -0.25) is 4.79 Å². The number of nitrogens with one attached hydrogen (secondary N) is 1. The molecule has 6 heteroatoms. The third kappa shape index (κ3) is 3.05. The number of ether oxygens (including phenoxy) is 2. The molecule has 0 aromatic heterocycles. The van der Waals surface area contributed by atoms with Crippen LogP contribution in [-0.2, 0) is 9.53 Å². The lowest BCUT2D eigenvalue weighted by atomic mass is 10.0. The smallest absolute Gasteiger partial charge is 0.262 e. The van der Waals surface area contributed by atoms with E-state index in [1.165, 1.54) is 6.07 Å². The largest absolute Gasteiger partial charge is 0.482 e. The number of rotatable bonds is 2. The van der Waals surface area contributed by atoms with E-state index in [2.05, 4.69) is 10.2 Å². The zero-order valence-electron chi connectivity index (χ0n) is 13.9. The van der Waals surface area contributed by atoms with E-state index in [1.807, 2.05) is 31.2 Å². The summed E-state index contributed by atoms with van der Waals surface area (Å²) in [6, 6.07) is 12.2. The first-order valence-corrected chi connectivity index (χ1v) is 8.31. The van der Waals surface area contributed by atoms with Crippen LogP contribution in [0.15, 0.2) is 42.5 Å². The van der Waals surface area contributed by atoms with Crippen LogP contribution in [0.1, 0.15) is 18.5 Å². The van der Waals surface area contributed by atoms with Crippen molar-refractivity contribution in [3.8, 4) is 5.75 Å². The van der Waals surface area contributed by atoms with E-state index in [1.54, 1.807) is 12.1 Å². The quantitative estimate of drug-likeness (QED) is 0.911. The average Bonchev–Trinajstić information content (AvgIpc) is 2.62. The van der Waals surface area contributed by atoms with Crippen molar-refractivity contribution in [2.75, 3.05) is 30.0 Å². The first kappa shape index (κ1) is 15.9. The van der Waals surface area contributed by atoms with Gasteiger partial charge in [0.15, 0.2) is 6.61 Å². The van der Waals surface area contributed by atoms with Gasteiger partial charge >= 0.3 is 0 Å². The number of carbonyl (C=O) groups is 1. The highest BCUT2D eigenvalue weighted by atomic mass is 19.1. The normalized spacial score (nSPS) is 22.8. The molecular weight excluding hydrogens is 323 g/mol. The molecule has 130 valence electrons. The minimum Gasteiger partial charge on any atom is -0.482 e. The summed E-state index contributed by atoms with van der Waals surface area (Å²) in [7, 11) is 0. The fourth-order valence-corrected chi connectivity index (χ4v) is 3.34. The summed E-state index contributed by atoms with van der Waals surface area (Å²) in [4.78, 5) is 13.7. The molecule has 2 aromatic carbocycles. The van der Waals surface area contributed by atoms with Gasteiger partial charge < -0.3 is 19.7 Å². The molecule has 2 atom stereocenters. The molecule has 0 spiro atoms. The van der Waals surface area contributed by atoms with Crippen molar-refractivity contribution in [1.82, 2.24) is 0 Å². The summed E-state index contributed by atoms with van der Waals surface area (Å²) in [5.41, 5.74) is 2.14. The molecule has 0 bridgehead atoms. The third-order valence-electron chi connectivity index (χ3n) is 4.56. The molecule has 2 heterocycles. The molecule has 0 radical (unpaired) electrons. The molecule has 0 saturated carbocycles. The number of nitrogens with zero attached hydrogens (tertiary/aromatic N) is 1. The van der Waals surface area contributed by atoms with Crippen LogP contribution in [0, 0.1) is 5.82 Å². The Labute approximate surface area is 145 Å². The van der Waals surface area contributed by atoms with Gasteiger partial charge in [-0.05, 0) is 31.2 Å². The Morgan fingerprint density at radius 1 is 1.24 bits per heavy atom. The van der Waals surface area contributed by atoms with Crippen LogP contribution in [-0.4, -0.2) is 31.8 Å². The summed E-state index contributed by atoms with van der Waals surface area (Å²) in [6.45, 7) is 3.06. The Bertz CT molecular complexity index is 811. The van der Waals surface area contributed by atoms with E-state index >= 15 is 0 Å². The van der Waals surface area contributed by atoms with Gasteiger partial charge in [0.1, 0.15) is 11.6 Å².